The average molecular weight is 315 g/mol. The van der Waals surface area contributed by atoms with Crippen molar-refractivity contribution in [1.29, 1.82) is 0 Å². The summed E-state index contributed by atoms with van der Waals surface area (Å²) < 4.78 is 5.94. The topological polar surface area (TPSA) is 29.5 Å². The maximum atomic E-state index is 13.0. The highest BCUT2D eigenvalue weighted by Gasteiger charge is 2.33. The SMILES string of the molecule is CN1CCC(OC(=O)C(c2ccccc2)C2CCCCC2)CC1. The first-order valence-electron chi connectivity index (χ1n) is 9.18. The monoisotopic (exact) mass is 315 g/mol. The van der Waals surface area contributed by atoms with Gasteiger partial charge in [0.05, 0.1) is 5.92 Å². The quantitative estimate of drug-likeness (QED) is 0.787. The third-order valence-electron chi connectivity index (χ3n) is 5.48. The molecule has 0 aromatic heterocycles. The number of piperidine rings is 1. The van der Waals surface area contributed by atoms with E-state index < -0.39 is 0 Å². The molecule has 0 spiro atoms. The number of esters is 1. The zero-order valence-electron chi connectivity index (χ0n) is 14.2. The molecule has 23 heavy (non-hydrogen) atoms. The zero-order chi connectivity index (χ0) is 16.1. The van der Waals surface area contributed by atoms with Crippen LogP contribution in [-0.2, 0) is 9.53 Å². The summed E-state index contributed by atoms with van der Waals surface area (Å²) in [5, 5.41) is 0. The molecule has 0 amide bonds. The summed E-state index contributed by atoms with van der Waals surface area (Å²) in [4.78, 5) is 15.3. The predicted octanol–water partition coefficient (Wildman–Crippen LogP) is 3.99. The lowest BCUT2D eigenvalue weighted by Crippen LogP contribution is -2.37. The van der Waals surface area contributed by atoms with E-state index in [0.29, 0.717) is 5.92 Å². The van der Waals surface area contributed by atoms with Crippen LogP contribution < -0.4 is 0 Å². The number of benzene rings is 1. The first-order chi connectivity index (χ1) is 11.2. The Morgan fingerprint density at radius 1 is 1.04 bits per heavy atom. The van der Waals surface area contributed by atoms with Gasteiger partial charge in [-0.2, -0.15) is 0 Å². The van der Waals surface area contributed by atoms with Crippen LogP contribution in [0.1, 0.15) is 56.4 Å². The molecule has 1 heterocycles. The van der Waals surface area contributed by atoms with E-state index in [4.69, 9.17) is 4.74 Å². The Balaban J connectivity index is 1.70. The fourth-order valence-corrected chi connectivity index (χ4v) is 4.07. The Labute approximate surface area is 140 Å². The highest BCUT2D eigenvalue weighted by molar-refractivity contribution is 5.78. The molecule has 0 radical (unpaired) electrons. The molecule has 3 rings (SSSR count). The molecule has 1 atom stereocenters. The second-order valence-corrected chi connectivity index (χ2v) is 7.23. The van der Waals surface area contributed by atoms with Crippen molar-refractivity contribution >= 4 is 5.97 Å². The third kappa shape index (κ3) is 4.35. The Morgan fingerprint density at radius 2 is 1.70 bits per heavy atom. The van der Waals surface area contributed by atoms with Gasteiger partial charge in [0.25, 0.3) is 0 Å². The van der Waals surface area contributed by atoms with Crippen molar-refractivity contribution in [3.8, 4) is 0 Å². The van der Waals surface area contributed by atoms with Crippen LogP contribution >= 0.6 is 0 Å². The first-order valence-corrected chi connectivity index (χ1v) is 9.18. The van der Waals surface area contributed by atoms with Gasteiger partial charge >= 0.3 is 5.97 Å². The molecule has 0 N–H and O–H groups in total. The van der Waals surface area contributed by atoms with E-state index in [2.05, 4.69) is 24.1 Å². The maximum absolute atomic E-state index is 13.0. The van der Waals surface area contributed by atoms with Crippen LogP contribution in [0, 0.1) is 5.92 Å². The van der Waals surface area contributed by atoms with Gasteiger partial charge in [0.1, 0.15) is 6.10 Å². The fourth-order valence-electron chi connectivity index (χ4n) is 4.07. The highest BCUT2D eigenvalue weighted by atomic mass is 16.5. The van der Waals surface area contributed by atoms with E-state index in [1.807, 2.05) is 18.2 Å². The largest absolute Gasteiger partial charge is 0.462 e. The minimum Gasteiger partial charge on any atom is -0.462 e. The number of hydrogen-bond acceptors (Lipinski definition) is 3. The fraction of sp³-hybridized carbons (Fsp3) is 0.650. The molecule has 0 bridgehead atoms. The molecule has 1 aromatic rings. The molecule has 126 valence electrons. The average Bonchev–Trinajstić information content (AvgIpc) is 2.59. The number of ether oxygens (including phenoxy) is 1. The van der Waals surface area contributed by atoms with Gasteiger partial charge in [0.2, 0.25) is 0 Å². The van der Waals surface area contributed by atoms with Crippen LogP contribution in [-0.4, -0.2) is 37.1 Å². The van der Waals surface area contributed by atoms with E-state index in [1.54, 1.807) is 0 Å². The number of likely N-dealkylation sites (tertiary alicyclic amines) is 1. The molecule has 2 fully saturated rings. The molecule has 2 aliphatic rings. The van der Waals surface area contributed by atoms with Crippen molar-refractivity contribution in [2.45, 2.75) is 57.0 Å². The summed E-state index contributed by atoms with van der Waals surface area (Å²) in [5.41, 5.74) is 1.14. The van der Waals surface area contributed by atoms with Crippen molar-refractivity contribution in [2.24, 2.45) is 5.92 Å². The van der Waals surface area contributed by atoms with Crippen molar-refractivity contribution in [2.75, 3.05) is 20.1 Å². The Hall–Kier alpha value is -1.35. The Kier molecular flexibility index (Phi) is 5.71. The molecule has 1 unspecified atom stereocenters. The van der Waals surface area contributed by atoms with Gasteiger partial charge in [-0.25, -0.2) is 0 Å². The van der Waals surface area contributed by atoms with E-state index >= 15 is 0 Å². The molecular formula is C20H29NO2. The number of hydrogen-bond donors (Lipinski definition) is 0. The number of nitrogens with zero attached hydrogens (tertiary/aromatic N) is 1. The van der Waals surface area contributed by atoms with E-state index in [9.17, 15) is 4.79 Å². The van der Waals surface area contributed by atoms with Crippen LogP contribution in [0.4, 0.5) is 0 Å². The van der Waals surface area contributed by atoms with E-state index in [-0.39, 0.29) is 18.0 Å². The highest BCUT2D eigenvalue weighted by Crippen LogP contribution is 2.37. The molecule has 1 aliphatic heterocycles. The number of carbonyl (C=O) groups is 1. The summed E-state index contributed by atoms with van der Waals surface area (Å²) in [5.74, 6) is 0.388. The van der Waals surface area contributed by atoms with Gasteiger partial charge in [0, 0.05) is 13.1 Å². The standard InChI is InChI=1S/C20H29NO2/c1-21-14-12-18(13-15-21)23-20(22)19(16-8-4-2-5-9-16)17-10-6-3-7-11-17/h2,4-5,8-9,17-19H,3,6-7,10-15H2,1H3. The molecule has 3 heteroatoms. The zero-order valence-corrected chi connectivity index (χ0v) is 14.2. The van der Waals surface area contributed by atoms with Gasteiger partial charge in [0.15, 0.2) is 0 Å². The van der Waals surface area contributed by atoms with Crippen LogP contribution in [0.15, 0.2) is 30.3 Å². The maximum Gasteiger partial charge on any atom is 0.313 e. The Bertz CT molecular complexity index is 488. The van der Waals surface area contributed by atoms with Crippen molar-refractivity contribution < 1.29 is 9.53 Å². The summed E-state index contributed by atoms with van der Waals surface area (Å²) in [6.07, 6.45) is 8.15. The molecule has 1 saturated carbocycles. The normalized spacial score (nSPS) is 22.7. The van der Waals surface area contributed by atoms with E-state index in [1.165, 1.54) is 19.3 Å². The third-order valence-corrected chi connectivity index (χ3v) is 5.48. The predicted molar refractivity (Wildman–Crippen MR) is 92.4 cm³/mol. The van der Waals surface area contributed by atoms with Crippen LogP contribution in [0.3, 0.4) is 0 Å². The summed E-state index contributed by atoms with van der Waals surface area (Å²) in [6, 6.07) is 10.3. The Morgan fingerprint density at radius 3 is 2.35 bits per heavy atom. The molecule has 1 saturated heterocycles. The lowest BCUT2D eigenvalue weighted by Gasteiger charge is -2.33. The lowest BCUT2D eigenvalue weighted by molar-refractivity contribution is -0.154. The van der Waals surface area contributed by atoms with Gasteiger partial charge in [-0.3, -0.25) is 4.79 Å². The number of rotatable bonds is 4. The second-order valence-electron chi connectivity index (χ2n) is 7.23. The molecule has 1 aliphatic carbocycles. The van der Waals surface area contributed by atoms with Gasteiger partial charge in [-0.15, -0.1) is 0 Å². The van der Waals surface area contributed by atoms with Crippen molar-refractivity contribution in [3.63, 3.8) is 0 Å². The smallest absolute Gasteiger partial charge is 0.313 e. The molecular weight excluding hydrogens is 286 g/mol. The summed E-state index contributed by atoms with van der Waals surface area (Å²) in [7, 11) is 2.13. The van der Waals surface area contributed by atoms with Crippen molar-refractivity contribution in [1.82, 2.24) is 4.90 Å². The minimum atomic E-state index is -0.0730. The van der Waals surface area contributed by atoms with Gasteiger partial charge in [-0.05, 0) is 44.2 Å². The molecule has 1 aromatic carbocycles. The van der Waals surface area contributed by atoms with Gasteiger partial charge < -0.3 is 9.64 Å². The first kappa shape index (κ1) is 16.5. The number of carbonyl (C=O) groups excluding carboxylic acids is 1. The summed E-state index contributed by atoms with van der Waals surface area (Å²) in [6.45, 7) is 2.05. The van der Waals surface area contributed by atoms with Crippen LogP contribution in [0.5, 0.6) is 0 Å². The van der Waals surface area contributed by atoms with Gasteiger partial charge in [-0.1, -0.05) is 49.6 Å². The minimum absolute atomic E-state index is 0.0117. The second kappa shape index (κ2) is 7.96. The van der Waals surface area contributed by atoms with E-state index in [0.717, 1.165) is 44.3 Å². The van der Waals surface area contributed by atoms with Crippen LogP contribution in [0.25, 0.3) is 0 Å². The molecule has 3 nitrogen and oxygen atoms in total. The van der Waals surface area contributed by atoms with Crippen LogP contribution in [0.2, 0.25) is 0 Å². The lowest BCUT2D eigenvalue weighted by atomic mass is 9.77. The summed E-state index contributed by atoms with van der Waals surface area (Å²) >= 11 is 0. The van der Waals surface area contributed by atoms with Crippen molar-refractivity contribution in [3.05, 3.63) is 35.9 Å².